The van der Waals surface area contributed by atoms with Crippen molar-refractivity contribution in [3.8, 4) is 11.5 Å². The molecule has 2 aliphatic heterocycles. The highest BCUT2D eigenvalue weighted by molar-refractivity contribution is 7.80. The fourth-order valence-corrected chi connectivity index (χ4v) is 4.76. The van der Waals surface area contributed by atoms with E-state index in [2.05, 4.69) is 32.3 Å². The second-order valence-electron chi connectivity index (χ2n) is 7.98. The molecule has 1 fully saturated rings. The van der Waals surface area contributed by atoms with E-state index < -0.39 is 0 Å². The maximum Gasteiger partial charge on any atom is 0.231 e. The number of nitrogens with zero attached hydrogens (tertiary/aromatic N) is 4. The minimum absolute atomic E-state index is 0.299. The van der Waals surface area contributed by atoms with Gasteiger partial charge in [-0.25, -0.2) is 0 Å². The van der Waals surface area contributed by atoms with Gasteiger partial charge in [-0.1, -0.05) is 35.3 Å². The van der Waals surface area contributed by atoms with E-state index in [1.807, 2.05) is 36.5 Å². The molecule has 0 bridgehead atoms. The van der Waals surface area contributed by atoms with Crippen molar-refractivity contribution in [1.82, 2.24) is 19.6 Å². The monoisotopic (exact) mass is 503 g/mol. The summed E-state index contributed by atoms with van der Waals surface area (Å²) in [7, 11) is 0. The Bertz CT molecular complexity index is 1140. The van der Waals surface area contributed by atoms with E-state index in [0.29, 0.717) is 34.3 Å². The van der Waals surface area contributed by atoms with Gasteiger partial charge in [-0.05, 0) is 42.0 Å². The molecule has 1 saturated heterocycles. The molecule has 3 heterocycles. The van der Waals surface area contributed by atoms with Crippen LogP contribution in [0, 0.1) is 0 Å². The van der Waals surface area contributed by atoms with Crippen LogP contribution in [0.4, 0.5) is 5.82 Å². The molecule has 0 unspecified atom stereocenters. The number of aromatic nitrogens is 2. The van der Waals surface area contributed by atoms with Crippen molar-refractivity contribution in [2.24, 2.45) is 0 Å². The number of rotatable bonds is 5. The van der Waals surface area contributed by atoms with Crippen LogP contribution in [0.15, 0.2) is 48.7 Å². The van der Waals surface area contributed by atoms with Gasteiger partial charge in [0.25, 0.3) is 0 Å². The quantitative estimate of drug-likeness (QED) is 0.515. The zero-order chi connectivity index (χ0) is 22.8. The molecule has 0 amide bonds. The Morgan fingerprint density at radius 1 is 0.970 bits per heavy atom. The van der Waals surface area contributed by atoms with Gasteiger partial charge in [0.15, 0.2) is 22.4 Å². The lowest BCUT2D eigenvalue weighted by Gasteiger charge is -2.36. The highest BCUT2D eigenvalue weighted by atomic mass is 35.5. The van der Waals surface area contributed by atoms with E-state index in [9.17, 15) is 0 Å². The number of hydrogen-bond acceptors (Lipinski definition) is 5. The van der Waals surface area contributed by atoms with E-state index >= 15 is 0 Å². The van der Waals surface area contributed by atoms with Crippen LogP contribution in [0.2, 0.25) is 10.0 Å². The number of piperazine rings is 1. The van der Waals surface area contributed by atoms with Gasteiger partial charge < -0.3 is 19.7 Å². The molecular weight excluding hydrogens is 481 g/mol. The van der Waals surface area contributed by atoms with Crippen LogP contribution in [0.5, 0.6) is 11.5 Å². The molecule has 10 heteroatoms. The third-order valence-corrected chi connectivity index (χ3v) is 6.83. The van der Waals surface area contributed by atoms with E-state index in [-0.39, 0.29) is 0 Å². The molecule has 33 heavy (non-hydrogen) atoms. The molecule has 0 aliphatic carbocycles. The molecule has 0 spiro atoms. The highest BCUT2D eigenvalue weighted by Crippen LogP contribution is 2.33. The summed E-state index contributed by atoms with van der Waals surface area (Å²) in [6.07, 6.45) is 1.88. The first-order valence-corrected chi connectivity index (χ1v) is 11.8. The second kappa shape index (κ2) is 9.77. The summed E-state index contributed by atoms with van der Waals surface area (Å²) in [5, 5.41) is 9.75. The summed E-state index contributed by atoms with van der Waals surface area (Å²) in [5.74, 6) is 2.34. The second-order valence-corrected chi connectivity index (χ2v) is 9.18. The van der Waals surface area contributed by atoms with Gasteiger partial charge >= 0.3 is 0 Å². The molecule has 1 N–H and O–H groups in total. The first-order chi connectivity index (χ1) is 16.0. The first-order valence-electron chi connectivity index (χ1n) is 10.7. The number of anilines is 1. The van der Waals surface area contributed by atoms with Crippen molar-refractivity contribution in [1.29, 1.82) is 0 Å². The Morgan fingerprint density at radius 2 is 1.73 bits per heavy atom. The Hall–Kier alpha value is -2.52. The van der Waals surface area contributed by atoms with Gasteiger partial charge in [-0.2, -0.15) is 5.10 Å². The molecule has 0 saturated carbocycles. The maximum atomic E-state index is 6.28. The predicted octanol–water partition coefficient (Wildman–Crippen LogP) is 4.48. The molecule has 7 nitrogen and oxygen atoms in total. The molecule has 0 radical (unpaired) electrons. The van der Waals surface area contributed by atoms with E-state index in [1.165, 1.54) is 5.56 Å². The van der Waals surface area contributed by atoms with Crippen LogP contribution >= 0.6 is 35.4 Å². The molecule has 1 aromatic heterocycles. The van der Waals surface area contributed by atoms with Gasteiger partial charge in [0.2, 0.25) is 6.79 Å². The summed E-state index contributed by atoms with van der Waals surface area (Å²) in [6, 6.07) is 13.5. The Balaban J connectivity index is 1.12. The summed E-state index contributed by atoms with van der Waals surface area (Å²) in [5.41, 5.74) is 2.06. The van der Waals surface area contributed by atoms with Crippen LogP contribution in [0.3, 0.4) is 0 Å². The zero-order valence-corrected chi connectivity index (χ0v) is 20.2. The third-order valence-electron chi connectivity index (χ3n) is 5.76. The van der Waals surface area contributed by atoms with E-state index in [1.54, 1.807) is 4.68 Å². The SMILES string of the molecule is S=C(Nc1ccn(Cc2c(Cl)cccc2Cl)n1)N1CCN(Cc2ccc3c(c2)OCO3)CC1. The van der Waals surface area contributed by atoms with Crippen molar-refractivity contribution < 1.29 is 9.47 Å². The maximum absolute atomic E-state index is 6.28. The fourth-order valence-electron chi connectivity index (χ4n) is 3.96. The predicted molar refractivity (Wildman–Crippen MR) is 133 cm³/mol. The van der Waals surface area contributed by atoms with Gasteiger partial charge in [0, 0.05) is 60.6 Å². The molecular formula is C23H23Cl2N5O2S. The van der Waals surface area contributed by atoms with Gasteiger partial charge in [0.1, 0.15) is 0 Å². The minimum atomic E-state index is 0.299. The summed E-state index contributed by atoms with van der Waals surface area (Å²) in [6.45, 7) is 5.23. The normalized spacial score (nSPS) is 15.6. The number of hydrogen-bond donors (Lipinski definition) is 1. The van der Waals surface area contributed by atoms with Gasteiger partial charge in [-0.3, -0.25) is 9.58 Å². The minimum Gasteiger partial charge on any atom is -0.454 e. The van der Waals surface area contributed by atoms with Gasteiger partial charge in [-0.15, -0.1) is 0 Å². The number of benzene rings is 2. The van der Waals surface area contributed by atoms with E-state index in [4.69, 9.17) is 44.9 Å². The molecule has 2 aromatic carbocycles. The molecule has 172 valence electrons. The lowest BCUT2D eigenvalue weighted by molar-refractivity contribution is 0.173. The van der Waals surface area contributed by atoms with Crippen LogP contribution in [0.25, 0.3) is 0 Å². The standard InChI is InChI=1S/C23H23Cl2N5O2S/c24-18-2-1-3-19(25)17(18)14-30-7-6-22(27-30)26-23(33)29-10-8-28(9-11-29)13-16-4-5-20-21(12-16)32-15-31-20/h1-7,12H,8-11,13-15H2,(H,26,27,33). The molecule has 0 atom stereocenters. The lowest BCUT2D eigenvalue weighted by atomic mass is 10.1. The number of halogens is 2. The third kappa shape index (κ3) is 5.19. The summed E-state index contributed by atoms with van der Waals surface area (Å²) < 4.78 is 12.7. The Morgan fingerprint density at radius 3 is 2.52 bits per heavy atom. The largest absolute Gasteiger partial charge is 0.454 e. The van der Waals surface area contributed by atoms with Crippen molar-refractivity contribution in [3.05, 3.63) is 69.8 Å². The average Bonchev–Trinajstić information content (AvgIpc) is 3.46. The number of ether oxygens (including phenoxy) is 2. The van der Waals surface area contributed by atoms with Crippen molar-refractivity contribution >= 4 is 46.4 Å². The van der Waals surface area contributed by atoms with Crippen molar-refractivity contribution in [2.75, 3.05) is 38.3 Å². The van der Waals surface area contributed by atoms with Crippen molar-refractivity contribution in [3.63, 3.8) is 0 Å². The van der Waals surface area contributed by atoms with Crippen LogP contribution in [0.1, 0.15) is 11.1 Å². The molecule has 2 aliphatic rings. The fraction of sp³-hybridized carbons (Fsp3) is 0.304. The van der Waals surface area contributed by atoms with Crippen LogP contribution in [-0.2, 0) is 13.1 Å². The number of thiocarbonyl (C=S) groups is 1. The van der Waals surface area contributed by atoms with Crippen LogP contribution in [-0.4, -0.2) is 57.7 Å². The Kier molecular flexibility index (Phi) is 6.59. The number of nitrogens with one attached hydrogen (secondary N) is 1. The Labute approximate surface area is 207 Å². The van der Waals surface area contributed by atoms with Crippen molar-refractivity contribution in [2.45, 2.75) is 13.1 Å². The molecule has 5 rings (SSSR count). The number of fused-ring (bicyclic) bond motifs is 1. The highest BCUT2D eigenvalue weighted by Gasteiger charge is 2.21. The smallest absolute Gasteiger partial charge is 0.231 e. The molecule has 3 aromatic rings. The van der Waals surface area contributed by atoms with Crippen LogP contribution < -0.4 is 14.8 Å². The topological polar surface area (TPSA) is 54.8 Å². The lowest BCUT2D eigenvalue weighted by Crippen LogP contribution is -2.49. The van der Waals surface area contributed by atoms with E-state index in [0.717, 1.165) is 49.8 Å². The van der Waals surface area contributed by atoms with Gasteiger partial charge in [0.05, 0.1) is 6.54 Å². The zero-order valence-electron chi connectivity index (χ0n) is 17.8. The summed E-state index contributed by atoms with van der Waals surface area (Å²) in [4.78, 5) is 4.59. The first kappa shape index (κ1) is 22.3. The summed E-state index contributed by atoms with van der Waals surface area (Å²) >= 11 is 18.2. The average molecular weight is 504 g/mol.